The minimum Gasteiger partial charge on any atom is -0.478 e. The molecule has 112 valence electrons. The number of nitrogens with two attached hydrogens (primary N) is 1. The van der Waals surface area contributed by atoms with Crippen molar-refractivity contribution in [3.63, 3.8) is 0 Å². The van der Waals surface area contributed by atoms with Gasteiger partial charge >= 0.3 is 0 Å². The molecule has 1 aromatic heterocycles. The van der Waals surface area contributed by atoms with E-state index < -0.39 is 0 Å². The Labute approximate surface area is 127 Å². The van der Waals surface area contributed by atoms with E-state index in [4.69, 9.17) is 10.5 Å². The van der Waals surface area contributed by atoms with E-state index in [2.05, 4.69) is 43.1 Å². The van der Waals surface area contributed by atoms with Gasteiger partial charge in [-0.3, -0.25) is 0 Å². The topological polar surface area (TPSA) is 48.1 Å². The van der Waals surface area contributed by atoms with E-state index in [1.807, 2.05) is 19.9 Å². The van der Waals surface area contributed by atoms with Crippen molar-refractivity contribution >= 4 is 5.69 Å². The van der Waals surface area contributed by atoms with Crippen molar-refractivity contribution < 1.29 is 4.74 Å². The summed E-state index contributed by atoms with van der Waals surface area (Å²) in [5, 5.41) is 0. The Balaban J connectivity index is 2.43. The maximum atomic E-state index is 6.00. The number of nitrogens with zero attached hydrogens (tertiary/aromatic N) is 1. The van der Waals surface area contributed by atoms with E-state index in [0.717, 1.165) is 23.2 Å². The second-order valence-electron chi connectivity index (χ2n) is 5.38. The van der Waals surface area contributed by atoms with Crippen molar-refractivity contribution in [3.05, 3.63) is 41.6 Å². The molecular weight excluding hydrogens is 260 g/mol. The lowest BCUT2D eigenvalue weighted by Crippen LogP contribution is -2.01. The van der Waals surface area contributed by atoms with Crippen molar-refractivity contribution in [2.24, 2.45) is 0 Å². The van der Waals surface area contributed by atoms with Crippen molar-refractivity contribution in [2.75, 3.05) is 12.3 Å². The summed E-state index contributed by atoms with van der Waals surface area (Å²) in [6.07, 6.45) is 1.14. The van der Waals surface area contributed by atoms with Gasteiger partial charge in [0, 0.05) is 5.56 Å². The standard InChI is InChI=1S/C18H24N2O/c1-5-12(3)14-7-9-15(10-8-14)16-11-17(19)13(4)20-18(16)21-6-2/h7-12H,5-6,19H2,1-4H3. The smallest absolute Gasteiger partial charge is 0.221 e. The van der Waals surface area contributed by atoms with Gasteiger partial charge in [0.15, 0.2) is 0 Å². The molecule has 0 spiro atoms. The molecule has 0 amide bonds. The number of anilines is 1. The van der Waals surface area contributed by atoms with Gasteiger partial charge in [0.25, 0.3) is 0 Å². The maximum absolute atomic E-state index is 6.00. The lowest BCUT2D eigenvalue weighted by atomic mass is 9.96. The summed E-state index contributed by atoms with van der Waals surface area (Å²) in [5.41, 5.74) is 10.9. The number of aromatic nitrogens is 1. The van der Waals surface area contributed by atoms with Crippen LogP contribution in [0.25, 0.3) is 11.1 Å². The molecule has 1 aromatic carbocycles. The van der Waals surface area contributed by atoms with Crippen LogP contribution in [0.5, 0.6) is 5.88 Å². The van der Waals surface area contributed by atoms with Gasteiger partial charge in [0.1, 0.15) is 0 Å². The van der Waals surface area contributed by atoms with E-state index in [0.29, 0.717) is 24.1 Å². The number of ether oxygens (including phenoxy) is 1. The van der Waals surface area contributed by atoms with Crippen LogP contribution in [0.2, 0.25) is 0 Å². The molecule has 2 aromatic rings. The Kier molecular flexibility index (Phi) is 4.84. The molecule has 0 aliphatic carbocycles. The second kappa shape index (κ2) is 6.61. The number of benzene rings is 1. The first-order valence-electron chi connectivity index (χ1n) is 7.57. The molecule has 0 radical (unpaired) electrons. The van der Waals surface area contributed by atoms with E-state index in [1.165, 1.54) is 5.56 Å². The maximum Gasteiger partial charge on any atom is 0.221 e. The Morgan fingerprint density at radius 3 is 2.43 bits per heavy atom. The fourth-order valence-corrected chi connectivity index (χ4v) is 2.28. The fourth-order valence-electron chi connectivity index (χ4n) is 2.28. The number of nitrogen functional groups attached to an aromatic ring is 1. The molecule has 0 fully saturated rings. The van der Waals surface area contributed by atoms with Crippen molar-refractivity contribution in [1.82, 2.24) is 4.98 Å². The van der Waals surface area contributed by atoms with Crippen LogP contribution in [-0.2, 0) is 0 Å². The van der Waals surface area contributed by atoms with Crippen molar-refractivity contribution in [2.45, 2.75) is 40.0 Å². The van der Waals surface area contributed by atoms with Gasteiger partial charge in [0.2, 0.25) is 5.88 Å². The average Bonchev–Trinajstić information content (AvgIpc) is 2.50. The summed E-state index contributed by atoms with van der Waals surface area (Å²) in [4.78, 5) is 4.47. The summed E-state index contributed by atoms with van der Waals surface area (Å²) in [6, 6.07) is 10.5. The van der Waals surface area contributed by atoms with Gasteiger partial charge in [-0.15, -0.1) is 0 Å². The zero-order chi connectivity index (χ0) is 15.4. The first-order chi connectivity index (χ1) is 10.1. The molecule has 1 atom stereocenters. The molecule has 0 aliphatic heterocycles. The van der Waals surface area contributed by atoms with Gasteiger partial charge in [-0.1, -0.05) is 38.1 Å². The largest absolute Gasteiger partial charge is 0.478 e. The Hall–Kier alpha value is -2.03. The second-order valence-corrected chi connectivity index (χ2v) is 5.38. The summed E-state index contributed by atoms with van der Waals surface area (Å²) >= 11 is 0. The van der Waals surface area contributed by atoms with E-state index in [9.17, 15) is 0 Å². The fraction of sp³-hybridized carbons (Fsp3) is 0.389. The highest BCUT2D eigenvalue weighted by Gasteiger charge is 2.11. The zero-order valence-corrected chi connectivity index (χ0v) is 13.3. The molecule has 3 heteroatoms. The molecule has 1 unspecified atom stereocenters. The Morgan fingerprint density at radius 2 is 1.86 bits per heavy atom. The van der Waals surface area contributed by atoms with E-state index in [1.54, 1.807) is 0 Å². The zero-order valence-electron chi connectivity index (χ0n) is 13.3. The van der Waals surface area contributed by atoms with Gasteiger partial charge in [0.05, 0.1) is 18.0 Å². The summed E-state index contributed by atoms with van der Waals surface area (Å²) < 4.78 is 5.66. The molecule has 2 N–H and O–H groups in total. The van der Waals surface area contributed by atoms with E-state index >= 15 is 0 Å². The molecule has 21 heavy (non-hydrogen) atoms. The first-order valence-corrected chi connectivity index (χ1v) is 7.57. The SMILES string of the molecule is CCOc1nc(C)c(N)cc1-c1ccc(C(C)CC)cc1. The minimum atomic E-state index is 0.576. The predicted molar refractivity (Wildman–Crippen MR) is 88.7 cm³/mol. The first kappa shape index (κ1) is 15.4. The third-order valence-corrected chi connectivity index (χ3v) is 3.90. The number of rotatable bonds is 5. The predicted octanol–water partition coefficient (Wildman–Crippen LogP) is 4.55. The highest BCUT2D eigenvalue weighted by Crippen LogP contribution is 2.32. The van der Waals surface area contributed by atoms with Crippen molar-refractivity contribution in [1.29, 1.82) is 0 Å². The van der Waals surface area contributed by atoms with Crippen LogP contribution < -0.4 is 10.5 Å². The van der Waals surface area contributed by atoms with Crippen LogP contribution >= 0.6 is 0 Å². The van der Waals surface area contributed by atoms with Gasteiger partial charge in [-0.25, -0.2) is 4.98 Å². The molecular formula is C18H24N2O. The van der Waals surface area contributed by atoms with E-state index in [-0.39, 0.29) is 0 Å². The summed E-state index contributed by atoms with van der Waals surface area (Å²) in [5.74, 6) is 1.23. The molecule has 2 rings (SSSR count). The molecule has 1 heterocycles. The molecule has 0 bridgehead atoms. The summed E-state index contributed by atoms with van der Waals surface area (Å²) in [6.45, 7) is 8.90. The highest BCUT2D eigenvalue weighted by atomic mass is 16.5. The Bertz CT molecular complexity index is 605. The quantitative estimate of drug-likeness (QED) is 0.876. The minimum absolute atomic E-state index is 0.576. The number of pyridine rings is 1. The monoisotopic (exact) mass is 284 g/mol. The third-order valence-electron chi connectivity index (χ3n) is 3.90. The molecule has 3 nitrogen and oxygen atoms in total. The van der Waals surface area contributed by atoms with Crippen LogP contribution in [0.3, 0.4) is 0 Å². The van der Waals surface area contributed by atoms with Crippen LogP contribution in [-0.4, -0.2) is 11.6 Å². The third kappa shape index (κ3) is 3.35. The molecule has 0 saturated heterocycles. The lowest BCUT2D eigenvalue weighted by Gasteiger charge is -2.13. The molecule has 0 saturated carbocycles. The number of hydrogen-bond acceptors (Lipinski definition) is 3. The molecule has 0 aliphatic rings. The van der Waals surface area contributed by atoms with Gasteiger partial charge in [-0.05, 0) is 43.4 Å². The average molecular weight is 284 g/mol. The van der Waals surface area contributed by atoms with Crippen LogP contribution in [0.15, 0.2) is 30.3 Å². The summed E-state index contributed by atoms with van der Waals surface area (Å²) in [7, 11) is 0. The van der Waals surface area contributed by atoms with Crippen molar-refractivity contribution in [3.8, 4) is 17.0 Å². The van der Waals surface area contributed by atoms with Gasteiger partial charge < -0.3 is 10.5 Å². The highest BCUT2D eigenvalue weighted by molar-refractivity contribution is 5.73. The lowest BCUT2D eigenvalue weighted by molar-refractivity contribution is 0.328. The van der Waals surface area contributed by atoms with Crippen LogP contribution in [0.4, 0.5) is 5.69 Å². The van der Waals surface area contributed by atoms with Crippen LogP contribution in [0, 0.1) is 6.92 Å². The van der Waals surface area contributed by atoms with Gasteiger partial charge in [-0.2, -0.15) is 0 Å². The number of hydrogen-bond donors (Lipinski definition) is 1. The number of aryl methyl sites for hydroxylation is 1. The van der Waals surface area contributed by atoms with Crippen LogP contribution in [0.1, 0.15) is 44.4 Å². The normalized spacial score (nSPS) is 12.2. The Morgan fingerprint density at radius 1 is 1.19 bits per heavy atom.